The number of halogens is 3. The fraction of sp³-hybridized carbons (Fsp3) is 0.611. The van der Waals surface area contributed by atoms with Gasteiger partial charge in [-0.05, 0) is 25.8 Å². The first-order valence-electron chi connectivity index (χ1n) is 8.79. The third kappa shape index (κ3) is 12.7. The zero-order chi connectivity index (χ0) is 19.0. The Morgan fingerprint density at radius 3 is 2.59 bits per heavy atom. The van der Waals surface area contributed by atoms with E-state index >= 15 is 0 Å². The number of methoxy groups -OCH3 is 1. The van der Waals surface area contributed by atoms with Gasteiger partial charge in [-0.1, -0.05) is 18.2 Å². The highest BCUT2D eigenvalue weighted by Crippen LogP contribution is 2.20. The van der Waals surface area contributed by atoms with E-state index in [1.165, 1.54) is 6.07 Å². The van der Waals surface area contributed by atoms with Gasteiger partial charge in [0.1, 0.15) is 5.75 Å². The molecule has 0 fully saturated rings. The fourth-order valence-corrected chi connectivity index (χ4v) is 2.13. The van der Waals surface area contributed by atoms with E-state index in [0.717, 1.165) is 19.4 Å². The van der Waals surface area contributed by atoms with Crippen molar-refractivity contribution in [1.82, 2.24) is 10.6 Å². The van der Waals surface area contributed by atoms with E-state index in [1.54, 1.807) is 25.3 Å². The van der Waals surface area contributed by atoms with Gasteiger partial charge in [-0.25, -0.2) is 4.99 Å². The molecule has 0 atom stereocenters. The van der Waals surface area contributed by atoms with Crippen molar-refractivity contribution < 1.29 is 23.0 Å². The molecule has 0 aromatic heterocycles. The largest absolute Gasteiger partial charge is 0.434 e. The lowest BCUT2D eigenvalue weighted by atomic mass is 10.2. The Kier molecular flexibility index (Phi) is 16.2. The molecule has 27 heavy (non-hydrogen) atoms. The average Bonchev–Trinajstić information content (AvgIpc) is 2.62. The molecule has 0 heterocycles. The number of para-hydroxylation sites is 1. The average molecular weight is 501 g/mol. The summed E-state index contributed by atoms with van der Waals surface area (Å²) in [5.41, 5.74) is 0.608. The monoisotopic (exact) mass is 501 g/mol. The summed E-state index contributed by atoms with van der Waals surface area (Å²) in [6, 6.07) is 6.67. The predicted octanol–water partition coefficient (Wildman–Crippen LogP) is 3.40. The van der Waals surface area contributed by atoms with Crippen molar-refractivity contribution in [1.29, 1.82) is 0 Å². The minimum Gasteiger partial charge on any atom is -0.434 e. The van der Waals surface area contributed by atoms with Crippen LogP contribution in [0, 0.1) is 0 Å². The Bertz CT molecular complexity index is 522. The second-order valence-electron chi connectivity index (χ2n) is 5.42. The smallest absolute Gasteiger partial charge is 0.387 e. The number of nitrogens with zero attached hydrogens (tertiary/aromatic N) is 1. The second-order valence-corrected chi connectivity index (χ2v) is 5.42. The molecule has 0 saturated heterocycles. The molecule has 0 saturated carbocycles. The number of hydrogen-bond donors (Lipinski definition) is 2. The van der Waals surface area contributed by atoms with E-state index in [9.17, 15) is 8.78 Å². The number of hydrogen-bond acceptors (Lipinski definition) is 4. The van der Waals surface area contributed by atoms with Crippen LogP contribution < -0.4 is 15.4 Å². The third-order valence-electron chi connectivity index (χ3n) is 3.38. The van der Waals surface area contributed by atoms with Gasteiger partial charge in [0.25, 0.3) is 0 Å². The SMILES string of the molecule is CCNC(=NCc1ccccc1OC(F)F)NCCCCOCCOC.I. The summed E-state index contributed by atoms with van der Waals surface area (Å²) in [7, 11) is 1.65. The van der Waals surface area contributed by atoms with E-state index in [0.29, 0.717) is 37.9 Å². The van der Waals surface area contributed by atoms with Crippen LogP contribution in [0.1, 0.15) is 25.3 Å². The minimum atomic E-state index is -2.85. The molecule has 1 aromatic carbocycles. The summed E-state index contributed by atoms with van der Waals surface area (Å²) in [4.78, 5) is 4.43. The van der Waals surface area contributed by atoms with Crippen LogP contribution in [0.4, 0.5) is 8.78 Å². The number of rotatable bonds is 13. The molecule has 0 bridgehead atoms. The van der Waals surface area contributed by atoms with Gasteiger partial charge >= 0.3 is 6.61 Å². The molecule has 6 nitrogen and oxygen atoms in total. The van der Waals surface area contributed by atoms with Crippen molar-refractivity contribution in [3.63, 3.8) is 0 Å². The zero-order valence-electron chi connectivity index (χ0n) is 15.9. The van der Waals surface area contributed by atoms with Gasteiger partial charge in [-0.3, -0.25) is 0 Å². The summed E-state index contributed by atoms with van der Waals surface area (Å²) in [6.45, 7) is 2.72. The molecule has 0 radical (unpaired) electrons. The minimum absolute atomic E-state index is 0. The molecule has 0 aliphatic rings. The Labute approximate surface area is 177 Å². The number of aliphatic imine (C=N–C) groups is 1. The standard InChI is InChI=1S/C18H29F2N3O3.HI/c1-3-21-18(22-10-6-7-11-25-13-12-24-2)23-14-15-8-4-5-9-16(15)26-17(19)20;/h4-5,8-9,17H,3,6-7,10-14H2,1-2H3,(H2,21,22,23);1H. The number of ether oxygens (including phenoxy) is 3. The van der Waals surface area contributed by atoms with Crippen LogP contribution in [0.3, 0.4) is 0 Å². The van der Waals surface area contributed by atoms with Gasteiger partial charge in [-0.15, -0.1) is 24.0 Å². The first-order chi connectivity index (χ1) is 12.7. The number of alkyl halides is 2. The lowest BCUT2D eigenvalue weighted by Crippen LogP contribution is -2.37. The maximum absolute atomic E-state index is 12.5. The van der Waals surface area contributed by atoms with Crippen molar-refractivity contribution in [2.45, 2.75) is 32.9 Å². The number of benzene rings is 1. The van der Waals surface area contributed by atoms with E-state index in [1.807, 2.05) is 6.92 Å². The first kappa shape index (κ1) is 25.8. The van der Waals surface area contributed by atoms with Gasteiger partial charge in [0.2, 0.25) is 0 Å². The maximum Gasteiger partial charge on any atom is 0.387 e. The van der Waals surface area contributed by atoms with Gasteiger partial charge in [0, 0.05) is 32.4 Å². The number of nitrogens with one attached hydrogen (secondary N) is 2. The van der Waals surface area contributed by atoms with Crippen LogP contribution in [0.5, 0.6) is 5.75 Å². The van der Waals surface area contributed by atoms with Crippen LogP contribution in [0.15, 0.2) is 29.3 Å². The highest BCUT2D eigenvalue weighted by atomic mass is 127. The van der Waals surface area contributed by atoms with Crippen LogP contribution in [0.25, 0.3) is 0 Å². The lowest BCUT2D eigenvalue weighted by Gasteiger charge is -2.13. The second kappa shape index (κ2) is 16.9. The topological polar surface area (TPSA) is 64.1 Å². The van der Waals surface area contributed by atoms with Gasteiger partial charge in [0.05, 0.1) is 19.8 Å². The van der Waals surface area contributed by atoms with Crippen LogP contribution >= 0.6 is 24.0 Å². The van der Waals surface area contributed by atoms with Crippen LogP contribution in [-0.4, -0.2) is 52.6 Å². The lowest BCUT2D eigenvalue weighted by molar-refractivity contribution is -0.0504. The summed E-state index contributed by atoms with van der Waals surface area (Å²) in [5, 5.41) is 6.36. The van der Waals surface area contributed by atoms with Gasteiger partial charge in [-0.2, -0.15) is 8.78 Å². The fourth-order valence-electron chi connectivity index (χ4n) is 2.13. The van der Waals surface area contributed by atoms with Crippen molar-refractivity contribution in [3.05, 3.63) is 29.8 Å². The highest BCUT2D eigenvalue weighted by Gasteiger charge is 2.08. The molecule has 1 aromatic rings. The quantitative estimate of drug-likeness (QED) is 0.188. The highest BCUT2D eigenvalue weighted by molar-refractivity contribution is 14.0. The Morgan fingerprint density at radius 1 is 1.11 bits per heavy atom. The Morgan fingerprint density at radius 2 is 1.89 bits per heavy atom. The van der Waals surface area contributed by atoms with Gasteiger partial charge < -0.3 is 24.8 Å². The molecular weight excluding hydrogens is 471 g/mol. The van der Waals surface area contributed by atoms with Gasteiger partial charge in [0.15, 0.2) is 5.96 Å². The zero-order valence-corrected chi connectivity index (χ0v) is 18.2. The van der Waals surface area contributed by atoms with Crippen molar-refractivity contribution in [3.8, 4) is 5.75 Å². The van der Waals surface area contributed by atoms with Crippen LogP contribution in [0.2, 0.25) is 0 Å². The van der Waals surface area contributed by atoms with Crippen LogP contribution in [-0.2, 0) is 16.0 Å². The molecule has 9 heteroatoms. The molecule has 0 unspecified atom stereocenters. The molecule has 156 valence electrons. The summed E-state index contributed by atoms with van der Waals surface area (Å²) >= 11 is 0. The van der Waals surface area contributed by atoms with E-state index in [-0.39, 0.29) is 36.3 Å². The molecule has 2 N–H and O–H groups in total. The molecule has 0 aliphatic carbocycles. The summed E-state index contributed by atoms with van der Waals surface area (Å²) in [5.74, 6) is 0.787. The van der Waals surface area contributed by atoms with Crippen molar-refractivity contribution in [2.24, 2.45) is 4.99 Å². The van der Waals surface area contributed by atoms with Crippen molar-refractivity contribution in [2.75, 3.05) is 40.0 Å². The van der Waals surface area contributed by atoms with E-state index in [4.69, 9.17) is 9.47 Å². The van der Waals surface area contributed by atoms with Crippen molar-refractivity contribution >= 4 is 29.9 Å². The number of guanidine groups is 1. The Hall–Kier alpha value is -1.20. The Balaban J connectivity index is 0.00000676. The maximum atomic E-state index is 12.5. The molecule has 0 spiro atoms. The molecular formula is C18H30F2IN3O3. The summed E-state index contributed by atoms with van der Waals surface area (Å²) in [6.07, 6.45) is 1.86. The summed E-state index contributed by atoms with van der Waals surface area (Å²) < 4.78 is 39.8. The first-order valence-corrected chi connectivity index (χ1v) is 8.79. The molecule has 0 aliphatic heterocycles. The normalized spacial score (nSPS) is 11.2. The third-order valence-corrected chi connectivity index (χ3v) is 3.38. The van der Waals surface area contributed by atoms with E-state index in [2.05, 4.69) is 20.4 Å². The molecule has 0 amide bonds. The molecule has 1 rings (SSSR count). The predicted molar refractivity (Wildman–Crippen MR) is 113 cm³/mol. The van der Waals surface area contributed by atoms with E-state index < -0.39 is 6.61 Å². The number of unbranched alkanes of at least 4 members (excludes halogenated alkanes) is 1.